The van der Waals surface area contributed by atoms with Crippen LogP contribution >= 0.6 is 43.5 Å². The van der Waals surface area contributed by atoms with Crippen molar-refractivity contribution in [2.75, 3.05) is 6.61 Å². The number of nitro benzene ring substituents is 1. The molecule has 0 aromatic heterocycles. The molecule has 3 N–H and O–H groups in total. The number of hydrogen-bond acceptors (Lipinski definition) is 7. The Bertz CT molecular complexity index is 938. The van der Waals surface area contributed by atoms with Crippen molar-refractivity contribution in [3.63, 3.8) is 0 Å². The molecule has 0 fully saturated rings. The molecule has 0 aliphatic carbocycles. The summed E-state index contributed by atoms with van der Waals surface area (Å²) in [5, 5.41) is 34.3. The van der Waals surface area contributed by atoms with Crippen LogP contribution in [0.2, 0.25) is 5.02 Å². The topological polar surface area (TPSA) is 134 Å². The highest BCUT2D eigenvalue weighted by Crippen LogP contribution is 2.40. The third-order valence-electron chi connectivity index (χ3n) is 3.07. The fourth-order valence-electron chi connectivity index (χ4n) is 1.82. The predicted molar refractivity (Wildman–Crippen MR) is 105 cm³/mol. The summed E-state index contributed by atoms with van der Waals surface area (Å²) in [6.07, 6.45) is 1.15. The van der Waals surface area contributed by atoms with Crippen LogP contribution in [0.25, 0.3) is 0 Å². The molecule has 0 bridgehead atoms. The van der Waals surface area contributed by atoms with Gasteiger partial charge in [0.1, 0.15) is 16.0 Å². The van der Waals surface area contributed by atoms with E-state index in [4.69, 9.17) is 16.3 Å². The first kappa shape index (κ1) is 20.9. The van der Waals surface area contributed by atoms with Gasteiger partial charge in [0, 0.05) is 16.7 Å². The molecule has 12 heteroatoms. The maximum Gasteiger partial charge on any atom is 0.312 e. The van der Waals surface area contributed by atoms with Crippen molar-refractivity contribution in [1.82, 2.24) is 5.43 Å². The monoisotopic (exact) mass is 521 g/mol. The summed E-state index contributed by atoms with van der Waals surface area (Å²) in [6.45, 7) is -0.533. The van der Waals surface area contributed by atoms with Crippen molar-refractivity contribution in [3.8, 4) is 17.2 Å². The molecule has 0 radical (unpaired) electrons. The van der Waals surface area contributed by atoms with Gasteiger partial charge in [0.15, 0.2) is 12.4 Å². The van der Waals surface area contributed by atoms with Gasteiger partial charge in [-0.15, -0.1) is 0 Å². The first-order chi connectivity index (χ1) is 12.7. The number of hydrazone groups is 1. The Morgan fingerprint density at radius 1 is 1.33 bits per heavy atom. The zero-order valence-corrected chi connectivity index (χ0v) is 17.1. The lowest BCUT2D eigenvalue weighted by atomic mass is 10.2. The number of benzene rings is 2. The third-order valence-corrected chi connectivity index (χ3v) is 4.66. The summed E-state index contributed by atoms with van der Waals surface area (Å²) in [6, 6.07) is 5.17. The average molecular weight is 524 g/mol. The fraction of sp³-hybridized carbons (Fsp3) is 0.0667. The van der Waals surface area contributed by atoms with E-state index in [9.17, 15) is 25.1 Å². The standard InChI is InChI=1S/C15H10Br2ClN3O6/c16-9-3-7(14(23)13(17)15(9)24)5-19-20-12(22)6-27-11-2-1-8(18)4-10(11)21(25)26/h1-5,23-24H,6H2,(H,20,22)/b19-5+. The molecule has 0 aliphatic heterocycles. The van der Waals surface area contributed by atoms with Gasteiger partial charge in [0.25, 0.3) is 5.91 Å². The van der Waals surface area contributed by atoms with E-state index in [1.807, 2.05) is 0 Å². The number of ether oxygens (including phenoxy) is 1. The molecule has 0 saturated heterocycles. The Morgan fingerprint density at radius 2 is 2.04 bits per heavy atom. The van der Waals surface area contributed by atoms with Crippen LogP contribution in [0.5, 0.6) is 17.2 Å². The number of nitro groups is 1. The van der Waals surface area contributed by atoms with Crippen LogP contribution < -0.4 is 10.2 Å². The number of rotatable bonds is 6. The Kier molecular flexibility index (Phi) is 6.99. The van der Waals surface area contributed by atoms with E-state index < -0.39 is 17.4 Å². The van der Waals surface area contributed by atoms with Crippen LogP contribution in [0.15, 0.2) is 38.3 Å². The first-order valence-corrected chi connectivity index (χ1v) is 8.95. The van der Waals surface area contributed by atoms with Gasteiger partial charge in [-0.1, -0.05) is 11.6 Å². The van der Waals surface area contributed by atoms with Crippen LogP contribution in [0.4, 0.5) is 5.69 Å². The number of nitrogens with one attached hydrogen (secondary N) is 1. The van der Waals surface area contributed by atoms with E-state index in [1.165, 1.54) is 18.2 Å². The lowest BCUT2D eigenvalue weighted by molar-refractivity contribution is -0.385. The SMILES string of the molecule is O=C(COc1ccc(Cl)cc1[N+](=O)[O-])N/N=C/c1cc(Br)c(O)c(Br)c1O. The number of carbonyl (C=O) groups is 1. The number of nitrogens with zero attached hydrogens (tertiary/aromatic N) is 2. The van der Waals surface area contributed by atoms with Crippen LogP contribution in [0.3, 0.4) is 0 Å². The zero-order valence-electron chi connectivity index (χ0n) is 13.1. The van der Waals surface area contributed by atoms with Crippen molar-refractivity contribution < 1.29 is 24.7 Å². The molecule has 2 rings (SSSR count). The number of phenols is 2. The van der Waals surface area contributed by atoms with Crippen LogP contribution in [-0.4, -0.2) is 33.9 Å². The Labute approximate surface area is 174 Å². The van der Waals surface area contributed by atoms with Crippen LogP contribution in [0.1, 0.15) is 5.56 Å². The molecule has 0 atom stereocenters. The lowest BCUT2D eigenvalue weighted by Crippen LogP contribution is -2.24. The zero-order chi connectivity index (χ0) is 20.1. The minimum Gasteiger partial charge on any atom is -0.506 e. The van der Waals surface area contributed by atoms with Gasteiger partial charge in [0.05, 0.1) is 15.6 Å². The second-order valence-corrected chi connectivity index (χ2v) is 6.99. The molecule has 1 amide bonds. The van der Waals surface area contributed by atoms with E-state index in [2.05, 4.69) is 42.4 Å². The molecule has 2 aromatic rings. The van der Waals surface area contributed by atoms with E-state index in [0.29, 0.717) is 4.47 Å². The minimum absolute atomic E-state index is 0.0584. The van der Waals surface area contributed by atoms with Crippen molar-refractivity contribution in [2.24, 2.45) is 5.10 Å². The lowest BCUT2D eigenvalue weighted by Gasteiger charge is -2.07. The fourth-order valence-corrected chi connectivity index (χ4v) is 3.14. The molecule has 27 heavy (non-hydrogen) atoms. The van der Waals surface area contributed by atoms with Gasteiger partial charge in [-0.25, -0.2) is 5.43 Å². The average Bonchev–Trinajstić information content (AvgIpc) is 2.62. The summed E-state index contributed by atoms with van der Waals surface area (Å²) < 4.78 is 5.47. The molecule has 0 unspecified atom stereocenters. The Hall–Kier alpha value is -2.37. The van der Waals surface area contributed by atoms with Gasteiger partial charge >= 0.3 is 5.69 Å². The van der Waals surface area contributed by atoms with E-state index in [1.54, 1.807) is 0 Å². The smallest absolute Gasteiger partial charge is 0.312 e. The molecule has 9 nitrogen and oxygen atoms in total. The highest BCUT2D eigenvalue weighted by atomic mass is 79.9. The van der Waals surface area contributed by atoms with Crippen molar-refractivity contribution in [2.45, 2.75) is 0 Å². The number of carbonyl (C=O) groups excluding carboxylic acids is 1. The second kappa shape index (κ2) is 9.02. The van der Waals surface area contributed by atoms with Crippen LogP contribution in [-0.2, 0) is 4.79 Å². The number of phenolic OH excluding ortho intramolecular Hbond substituents is 2. The minimum atomic E-state index is -0.688. The molecule has 2 aromatic carbocycles. The maximum absolute atomic E-state index is 11.8. The molecular formula is C15H10Br2ClN3O6. The normalized spacial score (nSPS) is 10.8. The largest absolute Gasteiger partial charge is 0.506 e. The third kappa shape index (κ3) is 5.31. The molecule has 142 valence electrons. The van der Waals surface area contributed by atoms with Gasteiger partial charge in [0.2, 0.25) is 0 Å². The maximum atomic E-state index is 11.8. The summed E-state index contributed by atoms with van der Waals surface area (Å²) in [4.78, 5) is 22.0. The number of amides is 1. The van der Waals surface area contributed by atoms with E-state index in [0.717, 1.165) is 12.3 Å². The second-order valence-electron chi connectivity index (χ2n) is 4.91. The van der Waals surface area contributed by atoms with Crippen molar-refractivity contribution >= 4 is 61.3 Å². The predicted octanol–water partition coefficient (Wildman–Crippen LogP) is 3.71. The Balaban J connectivity index is 2.00. The van der Waals surface area contributed by atoms with Gasteiger partial charge in [-0.05, 0) is 50.1 Å². The number of aromatic hydroxyl groups is 2. The first-order valence-electron chi connectivity index (χ1n) is 6.99. The summed E-state index contributed by atoms with van der Waals surface area (Å²) in [5.41, 5.74) is 1.98. The Morgan fingerprint density at radius 3 is 2.70 bits per heavy atom. The van der Waals surface area contributed by atoms with E-state index >= 15 is 0 Å². The van der Waals surface area contributed by atoms with Crippen LogP contribution in [0, 0.1) is 10.1 Å². The van der Waals surface area contributed by atoms with Gasteiger partial charge < -0.3 is 14.9 Å². The van der Waals surface area contributed by atoms with Crippen molar-refractivity contribution in [1.29, 1.82) is 0 Å². The van der Waals surface area contributed by atoms with E-state index in [-0.39, 0.29) is 38.0 Å². The molecular weight excluding hydrogens is 513 g/mol. The molecule has 0 saturated carbocycles. The highest BCUT2D eigenvalue weighted by molar-refractivity contribution is 9.11. The highest BCUT2D eigenvalue weighted by Gasteiger charge is 2.17. The van der Waals surface area contributed by atoms with Gasteiger partial charge in [-0.2, -0.15) is 5.10 Å². The molecule has 0 aliphatic rings. The number of halogens is 3. The van der Waals surface area contributed by atoms with Gasteiger partial charge in [-0.3, -0.25) is 14.9 Å². The summed E-state index contributed by atoms with van der Waals surface area (Å²) in [5.74, 6) is -1.27. The number of hydrogen-bond donors (Lipinski definition) is 3. The summed E-state index contributed by atoms with van der Waals surface area (Å²) in [7, 11) is 0. The quantitative estimate of drug-likeness (QED) is 0.300. The molecule has 0 heterocycles. The summed E-state index contributed by atoms with van der Waals surface area (Å²) >= 11 is 11.8. The van der Waals surface area contributed by atoms with Crippen molar-refractivity contribution in [3.05, 3.63) is 53.9 Å². The molecule has 0 spiro atoms.